The van der Waals surface area contributed by atoms with Crippen LogP contribution >= 0.6 is 7.26 Å². The van der Waals surface area contributed by atoms with Gasteiger partial charge in [0.25, 0.3) is 0 Å². The standard InChI is InChI=1S/C27H21N2O2P/c30-20-16-17-24(25(31)18-20)27-26(19-28-29-27)32(21-10-4-1-5-11-21,22-12-6-2-7-13-22)23-14-8-3-9-15-23/h1-19H,(H2-,28,29,30,31)/p+1. The zero-order valence-electron chi connectivity index (χ0n) is 17.3. The van der Waals surface area contributed by atoms with E-state index in [1.807, 2.05) is 24.4 Å². The highest BCUT2D eigenvalue weighted by atomic mass is 31.2. The Kier molecular flexibility index (Phi) is 5.22. The van der Waals surface area contributed by atoms with Crippen molar-refractivity contribution in [2.45, 2.75) is 0 Å². The predicted octanol–water partition coefficient (Wildman–Crippen LogP) is 4.11. The number of hydrogen-bond acceptors (Lipinski definition) is 3. The minimum absolute atomic E-state index is 0.00258. The van der Waals surface area contributed by atoms with Crippen LogP contribution in [0.25, 0.3) is 11.3 Å². The molecule has 4 nitrogen and oxygen atoms in total. The lowest BCUT2D eigenvalue weighted by atomic mass is 10.1. The SMILES string of the molecule is Oc1ccc(-c2[nH]ncc2[P+](c2ccccc2)(c2ccccc2)c2ccccc2)c(O)c1. The molecule has 4 aromatic carbocycles. The summed E-state index contributed by atoms with van der Waals surface area (Å²) in [5.74, 6) is 0.0188. The third-order valence-corrected chi connectivity index (χ3v) is 9.94. The molecule has 0 atom stereocenters. The normalized spacial score (nSPS) is 11.4. The second kappa shape index (κ2) is 8.33. The number of hydrogen-bond donors (Lipinski definition) is 3. The van der Waals surface area contributed by atoms with E-state index in [0.717, 1.165) is 11.0 Å². The lowest BCUT2D eigenvalue weighted by Crippen LogP contribution is -2.38. The zero-order chi connectivity index (χ0) is 22.0. The van der Waals surface area contributed by atoms with Crippen molar-refractivity contribution in [1.82, 2.24) is 10.2 Å². The largest absolute Gasteiger partial charge is 0.508 e. The quantitative estimate of drug-likeness (QED) is 0.363. The second-order valence-electron chi connectivity index (χ2n) is 7.51. The molecule has 0 aliphatic heterocycles. The van der Waals surface area contributed by atoms with Gasteiger partial charge in [-0.1, -0.05) is 54.6 Å². The Morgan fingerprint density at radius 1 is 0.625 bits per heavy atom. The fraction of sp³-hybridized carbons (Fsp3) is 0. The lowest BCUT2D eigenvalue weighted by Gasteiger charge is -2.27. The van der Waals surface area contributed by atoms with Gasteiger partial charge in [0.1, 0.15) is 40.4 Å². The first-order valence-electron chi connectivity index (χ1n) is 10.3. The molecule has 5 heteroatoms. The van der Waals surface area contributed by atoms with Crippen molar-refractivity contribution in [3.63, 3.8) is 0 Å². The minimum Gasteiger partial charge on any atom is -0.508 e. The summed E-state index contributed by atoms with van der Waals surface area (Å²) in [5.41, 5.74) is 1.34. The number of phenolic OH excluding ortho intramolecular Hbond substituents is 2. The summed E-state index contributed by atoms with van der Waals surface area (Å²) in [4.78, 5) is 0. The minimum atomic E-state index is -2.36. The Hall–Kier alpha value is -3.88. The topological polar surface area (TPSA) is 69.1 Å². The summed E-state index contributed by atoms with van der Waals surface area (Å²) in [6.45, 7) is 0. The molecule has 1 aromatic heterocycles. The highest BCUT2D eigenvalue weighted by molar-refractivity contribution is 8.01. The van der Waals surface area contributed by atoms with Crippen LogP contribution < -0.4 is 21.2 Å². The maximum atomic E-state index is 10.7. The van der Waals surface area contributed by atoms with Gasteiger partial charge in [0.15, 0.2) is 5.30 Å². The molecule has 0 radical (unpaired) electrons. The summed E-state index contributed by atoms with van der Waals surface area (Å²) in [6, 6.07) is 36.1. The van der Waals surface area contributed by atoms with E-state index >= 15 is 0 Å². The van der Waals surface area contributed by atoms with E-state index in [4.69, 9.17) is 0 Å². The van der Waals surface area contributed by atoms with E-state index in [9.17, 15) is 10.2 Å². The van der Waals surface area contributed by atoms with Crippen molar-refractivity contribution >= 4 is 28.5 Å². The molecule has 156 valence electrons. The fourth-order valence-electron chi connectivity index (χ4n) is 4.28. The predicted molar refractivity (Wildman–Crippen MR) is 132 cm³/mol. The Morgan fingerprint density at radius 2 is 1.12 bits per heavy atom. The van der Waals surface area contributed by atoms with Crippen LogP contribution in [-0.2, 0) is 0 Å². The number of nitrogens with one attached hydrogen (secondary N) is 1. The highest BCUT2D eigenvalue weighted by Crippen LogP contribution is 2.56. The summed E-state index contributed by atoms with van der Waals surface area (Å²) >= 11 is 0. The Bertz CT molecular complexity index is 1240. The van der Waals surface area contributed by atoms with E-state index in [1.165, 1.54) is 22.0 Å². The van der Waals surface area contributed by atoms with E-state index in [-0.39, 0.29) is 11.5 Å². The first-order chi connectivity index (χ1) is 15.7. The monoisotopic (exact) mass is 437 g/mol. The van der Waals surface area contributed by atoms with Crippen LogP contribution in [0.5, 0.6) is 11.5 Å². The van der Waals surface area contributed by atoms with Gasteiger partial charge in [-0.3, -0.25) is 5.10 Å². The maximum absolute atomic E-state index is 10.7. The van der Waals surface area contributed by atoms with Crippen molar-refractivity contribution in [1.29, 1.82) is 0 Å². The van der Waals surface area contributed by atoms with Crippen LogP contribution in [0.4, 0.5) is 0 Å². The van der Waals surface area contributed by atoms with Crippen LogP contribution in [0.2, 0.25) is 0 Å². The molecule has 1 heterocycles. The molecule has 0 saturated carbocycles. The fourth-order valence-corrected chi connectivity index (χ4v) is 8.61. The second-order valence-corrected chi connectivity index (χ2v) is 10.9. The van der Waals surface area contributed by atoms with Gasteiger partial charge in [0, 0.05) is 11.6 Å². The number of rotatable bonds is 5. The van der Waals surface area contributed by atoms with Gasteiger partial charge in [0.05, 0.1) is 6.20 Å². The van der Waals surface area contributed by atoms with Gasteiger partial charge in [-0.2, -0.15) is 5.10 Å². The van der Waals surface area contributed by atoms with Gasteiger partial charge in [-0.25, -0.2) is 0 Å². The number of aromatic hydroxyl groups is 2. The van der Waals surface area contributed by atoms with E-state index in [2.05, 4.69) is 83.0 Å². The Morgan fingerprint density at radius 3 is 1.59 bits per heavy atom. The molecule has 0 amide bonds. The first-order valence-corrected chi connectivity index (χ1v) is 12.1. The molecule has 0 unspecified atom stereocenters. The van der Waals surface area contributed by atoms with Crippen LogP contribution in [0.1, 0.15) is 0 Å². The number of aromatic amines is 1. The number of nitrogens with zero attached hydrogens (tertiary/aromatic N) is 1. The van der Waals surface area contributed by atoms with Crippen molar-refractivity contribution in [2.24, 2.45) is 0 Å². The van der Waals surface area contributed by atoms with Gasteiger partial charge in [-0.05, 0) is 48.5 Å². The average Bonchev–Trinajstić information content (AvgIpc) is 3.32. The van der Waals surface area contributed by atoms with E-state index < -0.39 is 7.26 Å². The summed E-state index contributed by atoms with van der Waals surface area (Å²) in [7, 11) is -2.36. The molecular weight excluding hydrogens is 415 g/mol. The smallest absolute Gasteiger partial charge is 0.155 e. The Labute approximate surface area is 187 Å². The molecule has 0 aliphatic carbocycles. The number of H-pyrrole nitrogens is 1. The number of benzene rings is 4. The molecule has 32 heavy (non-hydrogen) atoms. The van der Waals surface area contributed by atoms with Crippen molar-refractivity contribution < 1.29 is 10.2 Å². The van der Waals surface area contributed by atoms with Gasteiger partial charge < -0.3 is 10.2 Å². The first kappa shape index (κ1) is 20.0. The molecule has 0 aliphatic rings. The van der Waals surface area contributed by atoms with Gasteiger partial charge in [-0.15, -0.1) is 0 Å². The maximum Gasteiger partial charge on any atom is 0.155 e. The van der Waals surface area contributed by atoms with E-state index in [1.54, 1.807) is 12.1 Å². The average molecular weight is 437 g/mol. The third-order valence-electron chi connectivity index (χ3n) is 5.66. The molecule has 5 aromatic rings. The Balaban J connectivity index is 1.90. The molecule has 5 rings (SSSR count). The summed E-state index contributed by atoms with van der Waals surface area (Å²) in [5, 5.41) is 32.7. The summed E-state index contributed by atoms with van der Waals surface area (Å²) < 4.78 is 0. The molecule has 0 spiro atoms. The molecule has 3 N–H and O–H groups in total. The lowest BCUT2D eigenvalue weighted by molar-refractivity contribution is 0.452. The molecule has 0 bridgehead atoms. The van der Waals surface area contributed by atoms with Gasteiger partial charge >= 0.3 is 0 Å². The van der Waals surface area contributed by atoms with Crippen LogP contribution in [0.15, 0.2) is 115 Å². The molecule has 0 saturated heterocycles. The number of phenols is 2. The number of aromatic nitrogens is 2. The zero-order valence-corrected chi connectivity index (χ0v) is 18.2. The van der Waals surface area contributed by atoms with Gasteiger partial charge in [0.2, 0.25) is 0 Å². The van der Waals surface area contributed by atoms with Crippen molar-refractivity contribution in [2.75, 3.05) is 0 Å². The van der Waals surface area contributed by atoms with E-state index in [0.29, 0.717) is 5.56 Å². The third kappa shape index (κ3) is 3.26. The van der Waals surface area contributed by atoms with Crippen LogP contribution in [0, 0.1) is 0 Å². The highest BCUT2D eigenvalue weighted by Gasteiger charge is 2.50. The van der Waals surface area contributed by atoms with Crippen LogP contribution in [0.3, 0.4) is 0 Å². The molecular formula is C27H22N2O2P+. The summed E-state index contributed by atoms with van der Waals surface area (Å²) in [6.07, 6.45) is 1.88. The van der Waals surface area contributed by atoms with Crippen molar-refractivity contribution in [3.8, 4) is 22.8 Å². The van der Waals surface area contributed by atoms with Crippen LogP contribution in [-0.4, -0.2) is 20.4 Å². The van der Waals surface area contributed by atoms with Crippen molar-refractivity contribution in [3.05, 3.63) is 115 Å². The molecule has 0 fully saturated rings.